The Hall–Kier alpha value is -4.26. The van der Waals surface area contributed by atoms with Gasteiger partial charge < -0.3 is 24.3 Å². The van der Waals surface area contributed by atoms with Gasteiger partial charge in [0.2, 0.25) is 0 Å². The quantitative estimate of drug-likeness (QED) is 0.474. The Morgan fingerprint density at radius 3 is 2.38 bits per heavy atom. The van der Waals surface area contributed by atoms with Crippen LogP contribution in [0.15, 0.2) is 83.3 Å². The van der Waals surface area contributed by atoms with Gasteiger partial charge in [0.25, 0.3) is 11.8 Å². The lowest BCUT2D eigenvalue weighted by Crippen LogP contribution is -2.48. The number of hydrogen-bond acceptors (Lipinski definition) is 5. The maximum Gasteiger partial charge on any atom is 0.289 e. The van der Waals surface area contributed by atoms with Gasteiger partial charge in [-0.1, -0.05) is 24.3 Å². The number of anilines is 2. The highest BCUT2D eigenvalue weighted by molar-refractivity contribution is 6.04. The predicted molar refractivity (Wildman–Crippen MR) is 132 cm³/mol. The molecule has 1 fully saturated rings. The summed E-state index contributed by atoms with van der Waals surface area (Å²) in [4.78, 5) is 29.5. The third kappa shape index (κ3) is 4.45. The van der Waals surface area contributed by atoms with Crippen LogP contribution in [-0.4, -0.2) is 50.0 Å². The average Bonchev–Trinajstić information content (AvgIpc) is 3.33. The Kier molecular flexibility index (Phi) is 5.91. The van der Waals surface area contributed by atoms with E-state index in [-0.39, 0.29) is 11.8 Å². The number of carbonyl (C=O) groups is 2. The minimum Gasteiger partial charge on any atom is -0.497 e. The molecule has 1 saturated heterocycles. The van der Waals surface area contributed by atoms with Crippen LogP contribution in [0.1, 0.15) is 20.9 Å². The van der Waals surface area contributed by atoms with Crippen LogP contribution in [0.5, 0.6) is 5.75 Å². The van der Waals surface area contributed by atoms with Gasteiger partial charge in [-0.3, -0.25) is 9.59 Å². The van der Waals surface area contributed by atoms with Crippen LogP contribution in [0.3, 0.4) is 0 Å². The van der Waals surface area contributed by atoms with Crippen LogP contribution in [0, 0.1) is 0 Å². The van der Waals surface area contributed by atoms with Crippen molar-refractivity contribution in [3.63, 3.8) is 0 Å². The van der Waals surface area contributed by atoms with Crippen molar-refractivity contribution in [2.24, 2.45) is 0 Å². The molecule has 34 heavy (non-hydrogen) atoms. The second kappa shape index (κ2) is 9.31. The zero-order valence-corrected chi connectivity index (χ0v) is 18.9. The Morgan fingerprint density at radius 2 is 1.65 bits per heavy atom. The van der Waals surface area contributed by atoms with Gasteiger partial charge in [-0.25, -0.2) is 0 Å². The zero-order chi connectivity index (χ0) is 23.5. The van der Waals surface area contributed by atoms with E-state index < -0.39 is 0 Å². The van der Waals surface area contributed by atoms with E-state index in [1.807, 2.05) is 59.5 Å². The fourth-order valence-corrected chi connectivity index (χ4v) is 4.13. The third-order valence-corrected chi connectivity index (χ3v) is 6.03. The lowest BCUT2D eigenvalue weighted by Gasteiger charge is -2.35. The Bertz CT molecular complexity index is 1290. The van der Waals surface area contributed by atoms with Crippen LogP contribution >= 0.6 is 0 Å². The summed E-state index contributed by atoms with van der Waals surface area (Å²) < 4.78 is 10.9. The van der Waals surface area contributed by atoms with E-state index in [1.54, 1.807) is 31.4 Å². The summed E-state index contributed by atoms with van der Waals surface area (Å²) in [5.41, 5.74) is 3.03. The van der Waals surface area contributed by atoms with Gasteiger partial charge in [-0.15, -0.1) is 0 Å². The molecule has 0 radical (unpaired) electrons. The topological polar surface area (TPSA) is 75.0 Å². The molecular formula is C27H25N3O4. The van der Waals surface area contributed by atoms with E-state index in [0.29, 0.717) is 30.2 Å². The van der Waals surface area contributed by atoms with Gasteiger partial charge in [0.15, 0.2) is 5.76 Å². The van der Waals surface area contributed by atoms with Gasteiger partial charge in [-0.05, 0) is 54.6 Å². The normalized spacial score (nSPS) is 13.7. The number of furan rings is 1. The summed E-state index contributed by atoms with van der Waals surface area (Å²) >= 11 is 0. The summed E-state index contributed by atoms with van der Waals surface area (Å²) in [5, 5.41) is 3.85. The second-order valence-corrected chi connectivity index (χ2v) is 8.16. The molecule has 1 aromatic heterocycles. The van der Waals surface area contributed by atoms with Gasteiger partial charge in [-0.2, -0.15) is 0 Å². The SMILES string of the molecule is COc1cccc(C(=O)Nc2ccc(N3CCN(C(=O)c4cc5ccccc5o4)CC3)cc2)c1. The van der Waals surface area contributed by atoms with Crippen molar-refractivity contribution in [2.45, 2.75) is 0 Å². The molecule has 0 bridgehead atoms. The van der Waals surface area contributed by atoms with Crippen LogP contribution in [0.2, 0.25) is 0 Å². The summed E-state index contributed by atoms with van der Waals surface area (Å²) in [6, 6.07) is 24.2. The summed E-state index contributed by atoms with van der Waals surface area (Å²) in [6.07, 6.45) is 0. The molecule has 2 amide bonds. The first-order chi connectivity index (χ1) is 16.6. The van der Waals surface area contributed by atoms with Crippen molar-refractivity contribution in [1.82, 2.24) is 4.90 Å². The fraction of sp³-hybridized carbons (Fsp3) is 0.185. The molecule has 2 heterocycles. The lowest BCUT2D eigenvalue weighted by molar-refractivity contribution is 0.0717. The Morgan fingerprint density at radius 1 is 0.882 bits per heavy atom. The first-order valence-corrected chi connectivity index (χ1v) is 11.2. The summed E-state index contributed by atoms with van der Waals surface area (Å²) in [5.74, 6) is 0.752. The van der Waals surface area contributed by atoms with Crippen LogP contribution in [0.4, 0.5) is 11.4 Å². The molecule has 1 aliphatic rings. The molecule has 5 rings (SSSR count). The number of ether oxygens (including phenoxy) is 1. The molecule has 0 saturated carbocycles. The number of hydrogen-bond donors (Lipinski definition) is 1. The predicted octanol–water partition coefficient (Wildman–Crippen LogP) is 4.66. The standard InChI is InChI=1S/C27H25N3O4/c1-33-23-7-4-6-20(17-23)26(31)28-21-9-11-22(12-10-21)29-13-15-30(16-14-29)27(32)25-18-19-5-2-3-8-24(19)34-25/h2-12,17-18H,13-16H2,1H3,(H,28,31). The highest BCUT2D eigenvalue weighted by Crippen LogP contribution is 2.23. The van der Waals surface area contributed by atoms with E-state index in [9.17, 15) is 9.59 Å². The smallest absolute Gasteiger partial charge is 0.289 e. The Balaban J connectivity index is 1.18. The van der Waals surface area contributed by atoms with Gasteiger partial charge in [0.1, 0.15) is 11.3 Å². The number of fused-ring (bicyclic) bond motifs is 1. The van der Waals surface area contributed by atoms with Crippen LogP contribution in [0.25, 0.3) is 11.0 Å². The first-order valence-electron chi connectivity index (χ1n) is 11.2. The highest BCUT2D eigenvalue weighted by atomic mass is 16.5. The zero-order valence-electron chi connectivity index (χ0n) is 18.9. The summed E-state index contributed by atoms with van der Waals surface area (Å²) in [6.45, 7) is 2.68. The minimum atomic E-state index is -0.190. The Labute approximate surface area is 197 Å². The number of methoxy groups -OCH3 is 1. The number of rotatable bonds is 5. The van der Waals surface area contributed by atoms with Gasteiger partial charge in [0.05, 0.1) is 7.11 Å². The molecule has 1 N–H and O–H groups in total. The molecule has 7 heteroatoms. The molecule has 3 aromatic carbocycles. The molecule has 7 nitrogen and oxygen atoms in total. The molecule has 1 aliphatic heterocycles. The first kappa shape index (κ1) is 21.6. The molecule has 0 aliphatic carbocycles. The maximum absolute atomic E-state index is 12.9. The van der Waals surface area contributed by atoms with Crippen molar-refractivity contribution in [3.05, 3.63) is 90.2 Å². The molecule has 0 unspecified atom stereocenters. The summed E-state index contributed by atoms with van der Waals surface area (Å²) in [7, 11) is 1.57. The number of para-hydroxylation sites is 1. The van der Waals surface area contributed by atoms with Crippen molar-refractivity contribution in [3.8, 4) is 5.75 Å². The lowest BCUT2D eigenvalue weighted by atomic mass is 10.2. The molecule has 4 aromatic rings. The van der Waals surface area contributed by atoms with E-state index >= 15 is 0 Å². The monoisotopic (exact) mass is 455 g/mol. The number of nitrogens with one attached hydrogen (secondary N) is 1. The number of nitrogens with zero attached hydrogens (tertiary/aromatic N) is 2. The van der Waals surface area contributed by atoms with Crippen molar-refractivity contribution < 1.29 is 18.7 Å². The molecular weight excluding hydrogens is 430 g/mol. The van der Waals surface area contributed by atoms with Gasteiger partial charge >= 0.3 is 0 Å². The number of carbonyl (C=O) groups excluding carboxylic acids is 2. The number of piperazine rings is 1. The van der Waals surface area contributed by atoms with E-state index in [4.69, 9.17) is 9.15 Å². The molecule has 172 valence electrons. The van der Waals surface area contributed by atoms with Crippen LogP contribution < -0.4 is 15.0 Å². The van der Waals surface area contributed by atoms with Crippen molar-refractivity contribution >= 4 is 34.2 Å². The largest absolute Gasteiger partial charge is 0.497 e. The molecule has 0 spiro atoms. The average molecular weight is 456 g/mol. The maximum atomic E-state index is 12.9. The van der Waals surface area contributed by atoms with E-state index in [0.717, 1.165) is 35.4 Å². The second-order valence-electron chi connectivity index (χ2n) is 8.16. The number of benzene rings is 3. The molecule has 0 atom stereocenters. The third-order valence-electron chi connectivity index (χ3n) is 6.03. The van der Waals surface area contributed by atoms with Gasteiger partial charge in [0, 0.05) is 48.5 Å². The van der Waals surface area contributed by atoms with Crippen molar-refractivity contribution in [1.29, 1.82) is 0 Å². The highest BCUT2D eigenvalue weighted by Gasteiger charge is 2.24. The van der Waals surface area contributed by atoms with Crippen molar-refractivity contribution in [2.75, 3.05) is 43.5 Å². The fourth-order valence-electron chi connectivity index (χ4n) is 4.13. The van der Waals surface area contributed by atoms with E-state index in [2.05, 4.69) is 10.2 Å². The van der Waals surface area contributed by atoms with Crippen LogP contribution in [-0.2, 0) is 0 Å². The minimum absolute atomic E-state index is 0.0774. The van der Waals surface area contributed by atoms with E-state index in [1.165, 1.54) is 0 Å². The number of amides is 2.